The van der Waals surface area contributed by atoms with Crippen LogP contribution in [-0.2, 0) is 9.53 Å². The summed E-state index contributed by atoms with van der Waals surface area (Å²) in [5.41, 5.74) is -0.286. The molecule has 0 saturated heterocycles. The van der Waals surface area contributed by atoms with E-state index in [0.717, 1.165) is 45.1 Å². The van der Waals surface area contributed by atoms with Crippen molar-refractivity contribution >= 4 is 24.1 Å². The number of ether oxygens (including phenoxy) is 1. The molecule has 186 valence electrons. The van der Waals surface area contributed by atoms with Crippen LogP contribution < -0.4 is 0 Å². The van der Waals surface area contributed by atoms with E-state index in [0.29, 0.717) is 28.7 Å². The Balaban J connectivity index is 1.55. The van der Waals surface area contributed by atoms with Gasteiger partial charge in [0.15, 0.2) is 5.78 Å². The standard InChI is InChI=1S/C27H43ClN2O3/c1-18(28)15-30(29-4)16-24(31)23-9-8-21-20-7-6-19-14-25(2,32)12-13-27(19,17-33-5)22(20)10-11-26(21,23)3/h15,19-23,32H,4,6-14,16-17H2,1-3,5H3/b18-15+/t19-,20-,21-,22-,23+,25+,26-,27+/m0/s1. The van der Waals surface area contributed by atoms with Crippen LogP contribution in [0.15, 0.2) is 16.3 Å². The maximum atomic E-state index is 13.4. The van der Waals surface area contributed by atoms with Gasteiger partial charge >= 0.3 is 0 Å². The van der Waals surface area contributed by atoms with Crippen LogP contribution in [0.5, 0.6) is 0 Å². The molecule has 0 aliphatic heterocycles. The quantitative estimate of drug-likeness (QED) is 0.381. The lowest BCUT2D eigenvalue weighted by Crippen LogP contribution is -2.58. The molecule has 0 aromatic heterocycles. The molecule has 4 aliphatic rings. The first-order valence-electron chi connectivity index (χ1n) is 12.9. The van der Waals surface area contributed by atoms with Crippen LogP contribution in [0, 0.1) is 40.4 Å². The number of methoxy groups -OCH3 is 1. The number of ketones is 1. The van der Waals surface area contributed by atoms with Gasteiger partial charge in [-0.05, 0) is 106 Å². The van der Waals surface area contributed by atoms with E-state index in [-0.39, 0.29) is 29.1 Å². The van der Waals surface area contributed by atoms with Gasteiger partial charge in [-0.2, -0.15) is 5.10 Å². The minimum Gasteiger partial charge on any atom is -0.390 e. The van der Waals surface area contributed by atoms with Crippen molar-refractivity contribution in [3.63, 3.8) is 0 Å². The van der Waals surface area contributed by atoms with E-state index in [1.54, 1.807) is 18.1 Å². The van der Waals surface area contributed by atoms with Gasteiger partial charge in [0.1, 0.15) is 0 Å². The number of aliphatic hydroxyl groups is 1. The van der Waals surface area contributed by atoms with Gasteiger partial charge in [-0.15, -0.1) is 0 Å². The zero-order valence-electron chi connectivity index (χ0n) is 21.0. The number of carbonyl (C=O) groups is 1. The number of allylic oxidation sites excluding steroid dienone is 1. The lowest BCUT2D eigenvalue weighted by molar-refractivity contribution is -0.175. The van der Waals surface area contributed by atoms with Crippen LogP contribution >= 0.6 is 11.6 Å². The van der Waals surface area contributed by atoms with Gasteiger partial charge in [0.25, 0.3) is 0 Å². The average molecular weight is 479 g/mol. The number of nitrogens with zero attached hydrogens (tertiary/aromatic N) is 2. The minimum absolute atomic E-state index is 0.0616. The molecule has 0 bridgehead atoms. The number of hydrazone groups is 1. The number of Topliss-reactive ketones (excluding diaryl/α,β-unsaturated/α-hetero) is 1. The van der Waals surface area contributed by atoms with Crippen LogP contribution in [0.3, 0.4) is 0 Å². The van der Waals surface area contributed by atoms with Gasteiger partial charge in [0.2, 0.25) is 0 Å². The highest BCUT2D eigenvalue weighted by Crippen LogP contribution is 2.68. The second-order valence-electron chi connectivity index (χ2n) is 12.1. The molecule has 8 atom stereocenters. The lowest BCUT2D eigenvalue weighted by Gasteiger charge is -2.62. The van der Waals surface area contributed by atoms with Crippen molar-refractivity contribution in [2.24, 2.45) is 45.5 Å². The van der Waals surface area contributed by atoms with Crippen LogP contribution in [0.4, 0.5) is 0 Å². The minimum atomic E-state index is -0.538. The summed E-state index contributed by atoms with van der Waals surface area (Å²) in [6.45, 7) is 10.9. The van der Waals surface area contributed by atoms with Gasteiger partial charge in [-0.3, -0.25) is 9.80 Å². The summed E-state index contributed by atoms with van der Waals surface area (Å²) in [6.07, 6.45) is 11.3. The third-order valence-electron chi connectivity index (χ3n) is 10.3. The Morgan fingerprint density at radius 1 is 1.18 bits per heavy atom. The van der Waals surface area contributed by atoms with Gasteiger partial charge in [-0.1, -0.05) is 18.5 Å². The van der Waals surface area contributed by atoms with E-state index in [1.165, 1.54) is 19.3 Å². The molecular weight excluding hydrogens is 436 g/mol. The van der Waals surface area contributed by atoms with Crippen molar-refractivity contribution in [2.45, 2.75) is 84.2 Å². The maximum absolute atomic E-state index is 13.4. The summed E-state index contributed by atoms with van der Waals surface area (Å²) in [5, 5.41) is 17.0. The molecule has 0 aromatic rings. The second kappa shape index (κ2) is 9.28. The highest BCUT2D eigenvalue weighted by Gasteiger charge is 2.63. The number of rotatable bonds is 7. The molecule has 0 radical (unpaired) electrons. The first-order chi connectivity index (χ1) is 15.6. The molecule has 1 N–H and O–H groups in total. The van der Waals surface area contributed by atoms with E-state index in [2.05, 4.69) is 18.7 Å². The molecule has 0 spiro atoms. The first-order valence-corrected chi connectivity index (χ1v) is 13.3. The fraction of sp³-hybridized carbons (Fsp3) is 0.852. The predicted molar refractivity (Wildman–Crippen MR) is 133 cm³/mol. The van der Waals surface area contributed by atoms with Gasteiger partial charge < -0.3 is 9.84 Å². The van der Waals surface area contributed by atoms with Crippen molar-refractivity contribution in [3.8, 4) is 0 Å². The Hall–Kier alpha value is -0.910. The topological polar surface area (TPSA) is 62.1 Å². The predicted octanol–water partition coefficient (Wildman–Crippen LogP) is 5.61. The first kappa shape index (κ1) is 25.2. The molecule has 0 amide bonds. The van der Waals surface area contributed by atoms with Crippen molar-refractivity contribution in [1.82, 2.24) is 5.01 Å². The van der Waals surface area contributed by atoms with Gasteiger partial charge in [-0.25, -0.2) is 0 Å². The molecule has 4 rings (SSSR count). The third kappa shape index (κ3) is 4.43. The molecule has 0 aromatic carbocycles. The summed E-state index contributed by atoms with van der Waals surface area (Å²) in [5.74, 6) is 2.80. The summed E-state index contributed by atoms with van der Waals surface area (Å²) in [4.78, 5) is 13.4. The average Bonchev–Trinajstić information content (AvgIpc) is 3.10. The van der Waals surface area contributed by atoms with Crippen molar-refractivity contribution in [1.29, 1.82) is 0 Å². The molecule has 4 saturated carbocycles. The Labute approximate surface area is 205 Å². The SMILES string of the molecule is C=NN(/C=C(\C)Cl)CC(=O)[C@H]1CC[C@H]2[C@@H]3CC[C@H]4C[C@](C)(O)CC[C@]4(COC)[C@H]3CC[C@]12C. The fourth-order valence-corrected chi connectivity index (χ4v) is 9.04. The summed E-state index contributed by atoms with van der Waals surface area (Å²) < 4.78 is 5.87. The van der Waals surface area contributed by atoms with Crippen molar-refractivity contribution in [2.75, 3.05) is 20.3 Å². The third-order valence-corrected chi connectivity index (χ3v) is 10.4. The monoisotopic (exact) mass is 478 g/mol. The summed E-state index contributed by atoms with van der Waals surface area (Å²) in [7, 11) is 1.84. The largest absolute Gasteiger partial charge is 0.390 e. The van der Waals surface area contributed by atoms with E-state index in [4.69, 9.17) is 16.3 Å². The number of fused-ring (bicyclic) bond motifs is 5. The number of halogens is 1. The maximum Gasteiger partial charge on any atom is 0.157 e. The molecular formula is C27H43ClN2O3. The number of hydrogen-bond donors (Lipinski definition) is 1. The van der Waals surface area contributed by atoms with Crippen LogP contribution in [0.25, 0.3) is 0 Å². The Morgan fingerprint density at radius 2 is 1.94 bits per heavy atom. The highest BCUT2D eigenvalue weighted by molar-refractivity contribution is 6.29. The molecule has 4 fully saturated rings. The Bertz CT molecular complexity index is 794. The van der Waals surface area contributed by atoms with Crippen LogP contribution in [-0.4, -0.2) is 48.5 Å². The number of hydrogen-bond acceptors (Lipinski definition) is 5. The zero-order chi connectivity index (χ0) is 24.0. The lowest BCUT2D eigenvalue weighted by atomic mass is 9.43. The Kier molecular flexibility index (Phi) is 7.08. The molecule has 0 heterocycles. The smallest absolute Gasteiger partial charge is 0.157 e. The van der Waals surface area contributed by atoms with Crippen LogP contribution in [0.1, 0.15) is 78.6 Å². The van der Waals surface area contributed by atoms with E-state index in [9.17, 15) is 9.90 Å². The van der Waals surface area contributed by atoms with E-state index in [1.807, 2.05) is 14.0 Å². The van der Waals surface area contributed by atoms with Crippen LogP contribution in [0.2, 0.25) is 0 Å². The second-order valence-corrected chi connectivity index (χ2v) is 12.7. The van der Waals surface area contributed by atoms with Gasteiger partial charge in [0, 0.05) is 31.0 Å². The molecule has 5 nitrogen and oxygen atoms in total. The summed E-state index contributed by atoms with van der Waals surface area (Å²) >= 11 is 6.02. The van der Waals surface area contributed by atoms with Crippen molar-refractivity contribution < 1.29 is 14.6 Å². The van der Waals surface area contributed by atoms with Crippen molar-refractivity contribution in [3.05, 3.63) is 11.2 Å². The summed E-state index contributed by atoms with van der Waals surface area (Å²) in [6, 6.07) is 0. The molecule has 0 unspecified atom stereocenters. The molecule has 33 heavy (non-hydrogen) atoms. The zero-order valence-corrected chi connectivity index (χ0v) is 21.7. The molecule has 4 aliphatic carbocycles. The van der Waals surface area contributed by atoms with E-state index < -0.39 is 5.60 Å². The number of carbonyl (C=O) groups excluding carboxylic acids is 1. The fourth-order valence-electron chi connectivity index (χ4n) is 8.92. The van der Waals surface area contributed by atoms with E-state index >= 15 is 0 Å². The Morgan fingerprint density at radius 3 is 2.61 bits per heavy atom. The normalized spacial score (nSPS) is 45.0. The van der Waals surface area contributed by atoms with Gasteiger partial charge in [0.05, 0.1) is 18.8 Å². The molecule has 6 heteroatoms. The highest BCUT2D eigenvalue weighted by atomic mass is 35.5.